The molecular weight excluding hydrogens is 997 g/mol. The Kier molecular flexibility index (Phi) is 66.2. The van der Waals surface area contributed by atoms with Crippen molar-refractivity contribution in [1.82, 2.24) is 0 Å². The lowest BCUT2D eigenvalue weighted by molar-refractivity contribution is -0.167. The van der Waals surface area contributed by atoms with E-state index in [2.05, 4.69) is 106 Å². The topological polar surface area (TPSA) is 78.9 Å². The van der Waals surface area contributed by atoms with Crippen molar-refractivity contribution in [3.05, 3.63) is 85.1 Å². The zero-order valence-corrected chi connectivity index (χ0v) is 53.8. The zero-order chi connectivity index (χ0) is 58.5. The van der Waals surface area contributed by atoms with E-state index < -0.39 is 6.10 Å². The summed E-state index contributed by atoms with van der Waals surface area (Å²) in [7, 11) is 0. The molecule has 0 saturated carbocycles. The van der Waals surface area contributed by atoms with Gasteiger partial charge in [-0.3, -0.25) is 14.4 Å². The first kappa shape index (κ1) is 77.6. The summed E-state index contributed by atoms with van der Waals surface area (Å²) in [6, 6.07) is 0. The fourth-order valence-electron chi connectivity index (χ4n) is 10.2. The molecule has 1 atom stereocenters. The second kappa shape index (κ2) is 69.1. The third-order valence-electron chi connectivity index (χ3n) is 15.4. The minimum absolute atomic E-state index is 0.0813. The fourth-order valence-corrected chi connectivity index (χ4v) is 10.2. The van der Waals surface area contributed by atoms with Crippen LogP contribution >= 0.6 is 0 Å². The van der Waals surface area contributed by atoms with Crippen molar-refractivity contribution in [3.63, 3.8) is 0 Å². The molecule has 0 N–H and O–H groups in total. The van der Waals surface area contributed by atoms with E-state index in [-0.39, 0.29) is 31.1 Å². The van der Waals surface area contributed by atoms with Crippen molar-refractivity contribution in [2.75, 3.05) is 13.2 Å². The van der Waals surface area contributed by atoms with E-state index in [0.29, 0.717) is 19.3 Å². The van der Waals surface area contributed by atoms with Crippen LogP contribution in [0.3, 0.4) is 0 Å². The van der Waals surface area contributed by atoms with Crippen LogP contribution in [0.25, 0.3) is 0 Å². The van der Waals surface area contributed by atoms with Crippen LogP contribution in [-0.2, 0) is 28.6 Å². The molecule has 0 heterocycles. The predicted molar refractivity (Wildman–Crippen MR) is 353 cm³/mol. The Morgan fingerprint density at radius 3 is 0.765 bits per heavy atom. The second-order valence-electron chi connectivity index (χ2n) is 23.4. The number of hydrogen-bond donors (Lipinski definition) is 0. The van der Waals surface area contributed by atoms with Gasteiger partial charge in [-0.25, -0.2) is 0 Å². The van der Waals surface area contributed by atoms with E-state index >= 15 is 0 Å². The highest BCUT2D eigenvalue weighted by Crippen LogP contribution is 2.18. The number of carbonyl (C=O) groups excluding carboxylic acids is 3. The van der Waals surface area contributed by atoms with Crippen molar-refractivity contribution in [2.24, 2.45) is 0 Å². The zero-order valence-electron chi connectivity index (χ0n) is 53.8. The van der Waals surface area contributed by atoms with Crippen LogP contribution in [0.15, 0.2) is 85.1 Å². The van der Waals surface area contributed by atoms with Gasteiger partial charge in [0.25, 0.3) is 0 Å². The Balaban J connectivity index is 4.35. The largest absolute Gasteiger partial charge is 0.462 e. The first-order chi connectivity index (χ1) is 40.0. The molecule has 0 aromatic heterocycles. The Bertz CT molecular complexity index is 1530. The number of unbranched alkanes of at least 4 members (excludes halogenated alkanes) is 39. The molecule has 0 saturated heterocycles. The standard InChI is InChI=1S/C75H132O6/c1-4-7-10-13-16-19-22-25-28-31-33-35-37-38-39-41-42-44-47-50-53-56-59-62-65-68-74(77)80-71-72(70-79-73(76)67-64-61-58-55-52-49-46-30-27-24-21-18-15-12-9-6-3)81-75(78)69-66-63-60-57-54-51-48-45-43-40-36-34-32-29-26-23-20-17-14-11-8-5-2/h7,10,16,19,21,24-25,28,30,33,35,38-39,46,72H,4-6,8-9,11-15,17-18,20,22-23,26-27,29,31-32,34,36-37,40-45,47-71H2,1-3H3/b10-7-,19-16-,24-21-,28-25-,35-33-,39-38-,46-30-. The molecule has 0 aromatic carbocycles. The highest BCUT2D eigenvalue weighted by molar-refractivity contribution is 5.71. The van der Waals surface area contributed by atoms with Gasteiger partial charge in [0.2, 0.25) is 0 Å². The molecule has 0 radical (unpaired) electrons. The van der Waals surface area contributed by atoms with E-state index in [1.807, 2.05) is 0 Å². The predicted octanol–water partition coefficient (Wildman–Crippen LogP) is 24.2. The van der Waals surface area contributed by atoms with Crippen molar-refractivity contribution in [3.8, 4) is 0 Å². The van der Waals surface area contributed by atoms with Gasteiger partial charge in [-0.2, -0.15) is 0 Å². The van der Waals surface area contributed by atoms with Gasteiger partial charge in [0.1, 0.15) is 13.2 Å². The van der Waals surface area contributed by atoms with Gasteiger partial charge in [-0.05, 0) is 96.3 Å². The highest BCUT2D eigenvalue weighted by atomic mass is 16.6. The van der Waals surface area contributed by atoms with Crippen LogP contribution in [0.5, 0.6) is 0 Å². The molecule has 0 bridgehead atoms. The van der Waals surface area contributed by atoms with Gasteiger partial charge in [0, 0.05) is 19.3 Å². The van der Waals surface area contributed by atoms with Crippen molar-refractivity contribution >= 4 is 17.9 Å². The lowest BCUT2D eigenvalue weighted by Gasteiger charge is -2.18. The van der Waals surface area contributed by atoms with Crippen LogP contribution in [0.4, 0.5) is 0 Å². The Morgan fingerprint density at radius 2 is 0.481 bits per heavy atom. The van der Waals surface area contributed by atoms with Crippen molar-refractivity contribution in [1.29, 1.82) is 0 Å². The first-order valence-electron chi connectivity index (χ1n) is 35.1. The Labute approximate surface area is 503 Å². The number of allylic oxidation sites excluding steroid dienone is 14. The average Bonchev–Trinajstić information content (AvgIpc) is 3.47. The first-order valence-corrected chi connectivity index (χ1v) is 35.1. The molecule has 0 aliphatic heterocycles. The van der Waals surface area contributed by atoms with E-state index in [9.17, 15) is 14.4 Å². The third kappa shape index (κ3) is 67.3. The molecule has 0 aliphatic carbocycles. The maximum Gasteiger partial charge on any atom is 0.306 e. The van der Waals surface area contributed by atoms with E-state index in [0.717, 1.165) is 116 Å². The van der Waals surface area contributed by atoms with Crippen LogP contribution < -0.4 is 0 Å². The molecule has 0 aliphatic rings. The smallest absolute Gasteiger partial charge is 0.306 e. The van der Waals surface area contributed by atoms with E-state index in [4.69, 9.17) is 14.2 Å². The molecule has 1 unspecified atom stereocenters. The average molecular weight is 1130 g/mol. The van der Waals surface area contributed by atoms with E-state index in [1.165, 1.54) is 199 Å². The summed E-state index contributed by atoms with van der Waals surface area (Å²) in [5, 5.41) is 0. The minimum atomic E-state index is -0.786. The fraction of sp³-hybridized carbons (Fsp3) is 0.773. The molecule has 81 heavy (non-hydrogen) atoms. The summed E-state index contributed by atoms with van der Waals surface area (Å²) in [6.45, 7) is 6.55. The lowest BCUT2D eigenvalue weighted by atomic mass is 10.0. The van der Waals surface area contributed by atoms with Gasteiger partial charge in [0.05, 0.1) is 0 Å². The summed E-state index contributed by atoms with van der Waals surface area (Å²) < 4.78 is 17.0. The molecule has 6 heteroatoms. The SMILES string of the molecule is CC/C=C\C/C=C\C/C=C\C/C=C\C/C=C\CCCCCCCCCCCC(=O)OCC(COC(=O)CCCCCCC/C=C\C/C=C\CCCCCC)OC(=O)CCCCCCCCCCCCCCCCCCCCCCCC. The van der Waals surface area contributed by atoms with Gasteiger partial charge in [-0.1, -0.05) is 324 Å². The quantitative estimate of drug-likeness (QED) is 0.0261. The van der Waals surface area contributed by atoms with Crippen molar-refractivity contribution < 1.29 is 28.6 Å². The second-order valence-corrected chi connectivity index (χ2v) is 23.4. The maximum atomic E-state index is 13.0. The molecule has 0 spiro atoms. The van der Waals surface area contributed by atoms with E-state index in [1.54, 1.807) is 0 Å². The molecule has 0 aromatic rings. The molecule has 468 valence electrons. The van der Waals surface area contributed by atoms with Crippen LogP contribution in [0.2, 0.25) is 0 Å². The van der Waals surface area contributed by atoms with Gasteiger partial charge in [0.15, 0.2) is 6.10 Å². The normalized spacial score (nSPS) is 12.6. The van der Waals surface area contributed by atoms with Crippen molar-refractivity contribution in [2.45, 2.75) is 361 Å². The molecule has 0 amide bonds. The number of carbonyl (C=O) groups is 3. The summed E-state index contributed by atoms with van der Waals surface area (Å²) in [6.07, 6.45) is 91.7. The Hall–Kier alpha value is -3.41. The van der Waals surface area contributed by atoms with Gasteiger partial charge in [-0.15, -0.1) is 0 Å². The molecule has 0 rings (SSSR count). The maximum absolute atomic E-state index is 13.0. The number of ether oxygens (including phenoxy) is 3. The molecular formula is C75H132O6. The number of esters is 3. The lowest BCUT2D eigenvalue weighted by Crippen LogP contribution is -2.30. The third-order valence-corrected chi connectivity index (χ3v) is 15.4. The Morgan fingerprint density at radius 1 is 0.259 bits per heavy atom. The molecule has 0 fully saturated rings. The van der Waals surface area contributed by atoms with Crippen LogP contribution in [0.1, 0.15) is 355 Å². The summed E-state index contributed by atoms with van der Waals surface area (Å²) >= 11 is 0. The van der Waals surface area contributed by atoms with Gasteiger partial charge >= 0.3 is 17.9 Å². The highest BCUT2D eigenvalue weighted by Gasteiger charge is 2.19. The molecule has 6 nitrogen and oxygen atoms in total. The van der Waals surface area contributed by atoms with Gasteiger partial charge < -0.3 is 14.2 Å². The van der Waals surface area contributed by atoms with Crippen LogP contribution in [0, 0.1) is 0 Å². The number of rotatable bonds is 64. The summed E-state index contributed by atoms with van der Waals surface area (Å²) in [4.78, 5) is 38.5. The minimum Gasteiger partial charge on any atom is -0.462 e. The van der Waals surface area contributed by atoms with Crippen LogP contribution in [-0.4, -0.2) is 37.2 Å². The summed E-state index contributed by atoms with van der Waals surface area (Å²) in [5.74, 6) is -0.880. The summed E-state index contributed by atoms with van der Waals surface area (Å²) in [5.41, 5.74) is 0. The monoisotopic (exact) mass is 1130 g/mol. The number of hydrogen-bond acceptors (Lipinski definition) is 6.